The van der Waals surface area contributed by atoms with Crippen LogP contribution in [0.15, 0.2) is 43.0 Å². The van der Waals surface area contributed by atoms with Crippen molar-refractivity contribution in [2.45, 2.75) is 13.0 Å². The largest absolute Gasteiger partial charge is 0.381 e. The van der Waals surface area contributed by atoms with Crippen LogP contribution in [-0.2, 0) is 0 Å². The molecule has 7 nitrogen and oxygen atoms in total. The summed E-state index contributed by atoms with van der Waals surface area (Å²) in [6.45, 7) is 10.6. The topological polar surface area (TPSA) is 73.4 Å². The molecule has 4 aromatic rings. The maximum atomic E-state index is 12.7. The number of nitrogens with one attached hydrogen (secondary N) is 2. The van der Waals surface area contributed by atoms with Crippen molar-refractivity contribution in [2.75, 3.05) is 50.0 Å². The molecule has 0 aliphatic carbocycles. The van der Waals surface area contributed by atoms with E-state index in [1.54, 1.807) is 6.08 Å². The van der Waals surface area contributed by atoms with Gasteiger partial charge < -0.3 is 20.4 Å². The first-order valence-electron chi connectivity index (χ1n) is 12.0. The van der Waals surface area contributed by atoms with E-state index in [2.05, 4.69) is 64.4 Å². The smallest absolute Gasteiger partial charge is 0.263 e. The van der Waals surface area contributed by atoms with Gasteiger partial charge in [-0.1, -0.05) is 6.58 Å². The van der Waals surface area contributed by atoms with E-state index in [4.69, 9.17) is 9.97 Å². The number of hydrogen-bond acceptors (Lipinski definition) is 7. The van der Waals surface area contributed by atoms with Gasteiger partial charge in [0.25, 0.3) is 5.91 Å². The van der Waals surface area contributed by atoms with E-state index >= 15 is 0 Å². The van der Waals surface area contributed by atoms with E-state index in [0.29, 0.717) is 6.54 Å². The second-order valence-corrected chi connectivity index (χ2v) is 10.4. The average Bonchev–Trinajstić information content (AvgIpc) is 3.20. The van der Waals surface area contributed by atoms with Crippen LogP contribution in [-0.4, -0.2) is 66.6 Å². The van der Waals surface area contributed by atoms with Gasteiger partial charge in [0.2, 0.25) is 0 Å². The Kier molecular flexibility index (Phi) is 5.42. The molecule has 6 rings (SSSR count). The zero-order chi connectivity index (χ0) is 24.1. The van der Waals surface area contributed by atoms with Crippen LogP contribution in [0, 0.1) is 0 Å². The van der Waals surface area contributed by atoms with Crippen LogP contribution in [0.5, 0.6) is 0 Å². The monoisotopic (exact) mass is 484 g/mol. The number of benzene rings is 1. The zero-order valence-electron chi connectivity index (χ0n) is 20.0. The van der Waals surface area contributed by atoms with E-state index < -0.39 is 0 Å². The molecule has 0 spiro atoms. The van der Waals surface area contributed by atoms with Crippen molar-refractivity contribution in [3.05, 3.63) is 53.5 Å². The SMILES string of the molecule is C=Cc1cc(-c2ccc3c(ccc4sc5c(c43)NC[C@@H](C)NC5=O)n2)cc(N2CCN(C)CC2)n1. The summed E-state index contributed by atoms with van der Waals surface area (Å²) in [7, 11) is 2.15. The number of hydrogen-bond donors (Lipinski definition) is 2. The summed E-state index contributed by atoms with van der Waals surface area (Å²) in [5.41, 5.74) is 4.61. The summed E-state index contributed by atoms with van der Waals surface area (Å²) in [6.07, 6.45) is 1.80. The van der Waals surface area contributed by atoms with Gasteiger partial charge in [-0.05, 0) is 56.4 Å². The number of amides is 1. The van der Waals surface area contributed by atoms with E-state index in [-0.39, 0.29) is 11.9 Å². The van der Waals surface area contributed by atoms with Gasteiger partial charge in [-0.3, -0.25) is 4.79 Å². The Hall–Kier alpha value is -3.49. The standard InChI is InChI=1S/C27H28N6OS/c1-4-18-13-17(14-23(30-18)33-11-9-32(3)10-12-33)20-6-5-19-21(31-20)7-8-22-24(19)25-26(35-22)27(34)29-16(2)15-28-25/h4-8,13-14,16,28H,1,9-12,15H2,2-3H3,(H,29,34)/t16-/m1/s1. The summed E-state index contributed by atoms with van der Waals surface area (Å²) >= 11 is 1.53. The number of carbonyl (C=O) groups is 1. The van der Waals surface area contributed by atoms with Crippen LogP contribution in [0.2, 0.25) is 0 Å². The average molecular weight is 485 g/mol. The Morgan fingerprint density at radius 3 is 2.74 bits per heavy atom. The second-order valence-electron chi connectivity index (χ2n) is 9.40. The van der Waals surface area contributed by atoms with Crippen LogP contribution >= 0.6 is 11.3 Å². The van der Waals surface area contributed by atoms with Gasteiger partial charge in [0, 0.05) is 59.8 Å². The predicted molar refractivity (Wildman–Crippen MR) is 146 cm³/mol. The number of carbonyl (C=O) groups excluding carboxylic acids is 1. The zero-order valence-corrected chi connectivity index (χ0v) is 20.8. The summed E-state index contributed by atoms with van der Waals surface area (Å²) in [5.74, 6) is 0.956. The lowest BCUT2D eigenvalue weighted by atomic mass is 10.1. The maximum Gasteiger partial charge on any atom is 0.263 e. The van der Waals surface area contributed by atoms with Crippen LogP contribution in [0.25, 0.3) is 38.3 Å². The molecule has 8 heteroatoms. The molecule has 5 heterocycles. The van der Waals surface area contributed by atoms with Gasteiger partial charge >= 0.3 is 0 Å². The molecule has 35 heavy (non-hydrogen) atoms. The highest BCUT2D eigenvalue weighted by Gasteiger charge is 2.25. The number of anilines is 2. The first kappa shape index (κ1) is 22.0. The second kappa shape index (κ2) is 8.62. The summed E-state index contributed by atoms with van der Waals surface area (Å²) in [5, 5.41) is 8.68. The highest BCUT2D eigenvalue weighted by atomic mass is 32.1. The van der Waals surface area contributed by atoms with E-state index in [0.717, 1.165) is 80.5 Å². The minimum absolute atomic E-state index is 0.0124. The fraction of sp³-hybridized carbons (Fsp3) is 0.296. The minimum Gasteiger partial charge on any atom is -0.381 e. The Morgan fingerprint density at radius 1 is 1.11 bits per heavy atom. The third-order valence-electron chi connectivity index (χ3n) is 6.85. The highest BCUT2D eigenvalue weighted by Crippen LogP contribution is 2.41. The molecule has 1 fully saturated rings. The lowest BCUT2D eigenvalue weighted by molar-refractivity contribution is 0.0949. The normalized spacial score (nSPS) is 18.7. The third kappa shape index (κ3) is 3.92. The number of piperazine rings is 1. The predicted octanol–water partition coefficient (Wildman–Crippen LogP) is 4.45. The Balaban J connectivity index is 1.44. The molecule has 3 aromatic heterocycles. The molecule has 0 saturated carbocycles. The van der Waals surface area contributed by atoms with Crippen LogP contribution < -0.4 is 15.5 Å². The molecule has 1 atom stereocenters. The summed E-state index contributed by atoms with van der Waals surface area (Å²) in [6, 6.07) is 12.6. The molecule has 2 aliphatic heterocycles. The Labute approximate surface area is 208 Å². The highest BCUT2D eigenvalue weighted by molar-refractivity contribution is 7.21. The van der Waals surface area contributed by atoms with Gasteiger partial charge in [-0.2, -0.15) is 0 Å². The fourth-order valence-electron chi connectivity index (χ4n) is 4.87. The molecule has 0 radical (unpaired) electrons. The van der Waals surface area contributed by atoms with Crippen LogP contribution in [0.1, 0.15) is 22.3 Å². The van der Waals surface area contributed by atoms with Crippen molar-refractivity contribution in [3.8, 4) is 11.3 Å². The number of nitrogens with zero attached hydrogens (tertiary/aromatic N) is 4. The maximum absolute atomic E-state index is 12.7. The minimum atomic E-state index is -0.0124. The summed E-state index contributed by atoms with van der Waals surface area (Å²) < 4.78 is 1.09. The number of aromatic nitrogens is 2. The molecule has 2 N–H and O–H groups in total. The molecular weight excluding hydrogens is 456 g/mol. The lowest BCUT2D eigenvalue weighted by Crippen LogP contribution is -2.44. The number of pyridine rings is 2. The first-order chi connectivity index (χ1) is 17.0. The number of rotatable bonds is 3. The van der Waals surface area contributed by atoms with E-state index in [1.807, 2.05) is 13.0 Å². The van der Waals surface area contributed by atoms with Gasteiger partial charge in [-0.25, -0.2) is 9.97 Å². The molecule has 178 valence electrons. The first-order valence-corrected chi connectivity index (χ1v) is 12.8. The van der Waals surface area contributed by atoms with Gasteiger partial charge in [0.1, 0.15) is 10.7 Å². The van der Waals surface area contributed by atoms with Crippen molar-refractivity contribution in [2.24, 2.45) is 0 Å². The number of fused-ring (bicyclic) bond motifs is 5. The molecule has 2 aliphatic rings. The Morgan fingerprint density at radius 2 is 1.94 bits per heavy atom. The van der Waals surface area contributed by atoms with Crippen molar-refractivity contribution in [1.29, 1.82) is 0 Å². The number of thiophene rings is 1. The van der Waals surface area contributed by atoms with Crippen molar-refractivity contribution < 1.29 is 4.79 Å². The molecule has 0 bridgehead atoms. The van der Waals surface area contributed by atoms with Crippen LogP contribution in [0.4, 0.5) is 11.5 Å². The molecule has 1 saturated heterocycles. The van der Waals surface area contributed by atoms with Gasteiger partial charge in [-0.15, -0.1) is 11.3 Å². The molecule has 1 amide bonds. The summed E-state index contributed by atoms with van der Waals surface area (Å²) in [4.78, 5) is 28.0. The lowest BCUT2D eigenvalue weighted by Gasteiger charge is -2.33. The van der Waals surface area contributed by atoms with Crippen LogP contribution in [0.3, 0.4) is 0 Å². The van der Waals surface area contributed by atoms with E-state index in [1.165, 1.54) is 11.3 Å². The quantitative estimate of drug-likeness (QED) is 0.448. The van der Waals surface area contributed by atoms with Crippen molar-refractivity contribution in [3.63, 3.8) is 0 Å². The molecule has 1 aromatic carbocycles. The van der Waals surface area contributed by atoms with Crippen molar-refractivity contribution in [1.82, 2.24) is 20.2 Å². The molecule has 0 unspecified atom stereocenters. The number of likely N-dealkylation sites (N-methyl/N-ethyl adjacent to an activating group) is 1. The molecular formula is C27H28N6OS. The third-order valence-corrected chi connectivity index (χ3v) is 8.01. The van der Waals surface area contributed by atoms with Gasteiger partial charge in [0.05, 0.1) is 22.6 Å². The fourth-order valence-corrected chi connectivity index (χ4v) is 5.97. The Bertz CT molecular complexity index is 1470. The van der Waals surface area contributed by atoms with E-state index in [9.17, 15) is 4.79 Å². The van der Waals surface area contributed by atoms with Gasteiger partial charge in [0.15, 0.2) is 0 Å². The van der Waals surface area contributed by atoms with Crippen molar-refractivity contribution >= 4 is 55.8 Å².